The van der Waals surface area contributed by atoms with Gasteiger partial charge in [0.1, 0.15) is 0 Å². The molecule has 2 aromatic rings. The molecule has 1 aliphatic heterocycles. The summed E-state index contributed by atoms with van der Waals surface area (Å²) in [5.74, 6) is 0.583. The Morgan fingerprint density at radius 1 is 0.933 bits per heavy atom. The lowest BCUT2D eigenvalue weighted by Gasteiger charge is -2.34. The number of piperidine rings is 1. The molecule has 1 heterocycles. The molecule has 1 fully saturated rings. The summed E-state index contributed by atoms with van der Waals surface area (Å²) in [6, 6.07) is 10.5. The van der Waals surface area contributed by atoms with Gasteiger partial charge in [0.2, 0.25) is 5.75 Å². The van der Waals surface area contributed by atoms with Gasteiger partial charge in [0.25, 0.3) is 11.8 Å². The third kappa shape index (κ3) is 4.20. The third-order valence-electron chi connectivity index (χ3n) is 5.42. The quantitative estimate of drug-likeness (QED) is 0.777. The second-order valence-electron chi connectivity index (χ2n) is 7.22. The Morgan fingerprint density at radius 2 is 1.67 bits per heavy atom. The molecule has 160 valence electrons. The first kappa shape index (κ1) is 21.5. The molecule has 0 spiro atoms. The number of hydrogen-bond donors (Lipinski definition) is 1. The summed E-state index contributed by atoms with van der Waals surface area (Å²) in [4.78, 5) is 28.1. The number of nitrogens with zero attached hydrogens (tertiary/aromatic N) is 1. The minimum Gasteiger partial charge on any atom is -0.493 e. The number of anilines is 1. The van der Waals surface area contributed by atoms with E-state index in [0.717, 1.165) is 25.8 Å². The van der Waals surface area contributed by atoms with Gasteiger partial charge in [-0.2, -0.15) is 0 Å². The Kier molecular flexibility index (Phi) is 6.82. The maximum absolute atomic E-state index is 13.2. The summed E-state index contributed by atoms with van der Waals surface area (Å²) < 4.78 is 16.0. The summed E-state index contributed by atoms with van der Waals surface area (Å²) in [7, 11) is 4.46. The lowest BCUT2D eigenvalue weighted by molar-refractivity contribution is 0.0636. The molecular weight excluding hydrogens is 384 g/mol. The zero-order valence-corrected chi connectivity index (χ0v) is 17.9. The molecule has 0 aromatic heterocycles. The maximum atomic E-state index is 13.2. The molecule has 1 unspecified atom stereocenters. The molecule has 1 N–H and O–H groups in total. The number of nitrogens with one attached hydrogen (secondary N) is 1. The van der Waals surface area contributed by atoms with E-state index in [-0.39, 0.29) is 23.3 Å². The molecular formula is C23H28N2O5. The fourth-order valence-corrected chi connectivity index (χ4v) is 3.80. The number of methoxy groups -OCH3 is 3. The van der Waals surface area contributed by atoms with Gasteiger partial charge in [-0.15, -0.1) is 0 Å². The van der Waals surface area contributed by atoms with E-state index >= 15 is 0 Å². The minimum atomic E-state index is -0.403. The van der Waals surface area contributed by atoms with Gasteiger partial charge in [0, 0.05) is 12.6 Å². The van der Waals surface area contributed by atoms with E-state index in [2.05, 4.69) is 12.2 Å². The number of amides is 2. The Balaban J connectivity index is 1.91. The van der Waals surface area contributed by atoms with Crippen LogP contribution in [0.4, 0.5) is 5.69 Å². The highest BCUT2D eigenvalue weighted by molar-refractivity contribution is 6.10. The van der Waals surface area contributed by atoms with Crippen LogP contribution in [0, 0.1) is 0 Å². The average Bonchev–Trinajstić information content (AvgIpc) is 2.78. The topological polar surface area (TPSA) is 77.1 Å². The van der Waals surface area contributed by atoms with Gasteiger partial charge in [-0.3, -0.25) is 9.59 Å². The van der Waals surface area contributed by atoms with Crippen molar-refractivity contribution in [3.63, 3.8) is 0 Å². The number of carbonyl (C=O) groups excluding carboxylic acids is 2. The van der Waals surface area contributed by atoms with Crippen LogP contribution < -0.4 is 19.5 Å². The number of carbonyl (C=O) groups is 2. The van der Waals surface area contributed by atoms with Crippen LogP contribution in [-0.2, 0) is 0 Å². The highest BCUT2D eigenvalue weighted by atomic mass is 16.5. The van der Waals surface area contributed by atoms with Crippen LogP contribution in [0.3, 0.4) is 0 Å². The molecule has 0 bridgehead atoms. The zero-order chi connectivity index (χ0) is 21.7. The molecule has 2 aromatic carbocycles. The van der Waals surface area contributed by atoms with Crippen molar-refractivity contribution >= 4 is 17.5 Å². The standard InChI is InChI=1S/C23H28N2O5/c1-15-9-7-8-14-25(15)23(27)16-10-5-6-11-18(16)24-22(26)17-12-13-19(28-2)21(30-4)20(17)29-3/h5-6,10-13,15H,7-9,14H2,1-4H3,(H,24,26). The first-order chi connectivity index (χ1) is 14.5. The Labute approximate surface area is 176 Å². The van der Waals surface area contributed by atoms with Crippen molar-refractivity contribution in [3.05, 3.63) is 47.5 Å². The van der Waals surface area contributed by atoms with Crippen LogP contribution in [0.2, 0.25) is 0 Å². The van der Waals surface area contributed by atoms with Crippen molar-refractivity contribution < 1.29 is 23.8 Å². The highest BCUT2D eigenvalue weighted by Crippen LogP contribution is 2.40. The molecule has 30 heavy (non-hydrogen) atoms. The van der Waals surface area contributed by atoms with E-state index in [0.29, 0.717) is 22.7 Å². The summed E-state index contributed by atoms with van der Waals surface area (Å²) in [6.07, 6.45) is 3.11. The Hall–Kier alpha value is -3.22. The maximum Gasteiger partial charge on any atom is 0.259 e. The van der Waals surface area contributed by atoms with Crippen molar-refractivity contribution in [1.29, 1.82) is 0 Å². The number of benzene rings is 2. The Morgan fingerprint density at radius 3 is 2.33 bits per heavy atom. The first-order valence-electron chi connectivity index (χ1n) is 10.0. The number of hydrogen-bond acceptors (Lipinski definition) is 5. The lowest BCUT2D eigenvalue weighted by Crippen LogP contribution is -2.42. The van der Waals surface area contributed by atoms with E-state index in [4.69, 9.17) is 14.2 Å². The van der Waals surface area contributed by atoms with Gasteiger partial charge in [0.05, 0.1) is 38.1 Å². The van der Waals surface area contributed by atoms with Gasteiger partial charge < -0.3 is 24.4 Å². The molecule has 1 aliphatic rings. The second-order valence-corrected chi connectivity index (χ2v) is 7.22. The molecule has 3 rings (SSSR count). The van der Waals surface area contributed by atoms with Crippen molar-refractivity contribution in [3.8, 4) is 17.2 Å². The number of ether oxygens (including phenoxy) is 3. The largest absolute Gasteiger partial charge is 0.493 e. The SMILES string of the molecule is COc1ccc(C(=O)Nc2ccccc2C(=O)N2CCCCC2C)c(OC)c1OC. The normalized spacial score (nSPS) is 16.0. The minimum absolute atomic E-state index is 0.0719. The van der Waals surface area contributed by atoms with Crippen molar-refractivity contribution in [2.45, 2.75) is 32.2 Å². The molecule has 0 aliphatic carbocycles. The predicted octanol–water partition coefficient (Wildman–Crippen LogP) is 3.98. The van der Waals surface area contributed by atoms with Crippen LogP contribution in [-0.4, -0.2) is 50.6 Å². The lowest BCUT2D eigenvalue weighted by atomic mass is 10.0. The van der Waals surface area contributed by atoms with Crippen LogP contribution >= 0.6 is 0 Å². The molecule has 7 nitrogen and oxygen atoms in total. The monoisotopic (exact) mass is 412 g/mol. The predicted molar refractivity (Wildman–Crippen MR) is 115 cm³/mol. The average molecular weight is 412 g/mol. The number of likely N-dealkylation sites (tertiary alicyclic amines) is 1. The van der Waals surface area contributed by atoms with E-state index in [1.165, 1.54) is 21.3 Å². The van der Waals surface area contributed by atoms with Crippen LogP contribution in [0.15, 0.2) is 36.4 Å². The van der Waals surface area contributed by atoms with Crippen LogP contribution in [0.1, 0.15) is 46.9 Å². The molecule has 2 amide bonds. The molecule has 1 atom stereocenters. The van der Waals surface area contributed by atoms with Crippen molar-refractivity contribution in [1.82, 2.24) is 4.90 Å². The van der Waals surface area contributed by atoms with Crippen LogP contribution in [0.5, 0.6) is 17.2 Å². The fraction of sp³-hybridized carbons (Fsp3) is 0.391. The van der Waals surface area contributed by atoms with Crippen molar-refractivity contribution in [2.24, 2.45) is 0 Å². The molecule has 0 radical (unpaired) electrons. The van der Waals surface area contributed by atoms with E-state index in [9.17, 15) is 9.59 Å². The molecule has 0 saturated carbocycles. The molecule has 1 saturated heterocycles. The van der Waals surface area contributed by atoms with E-state index in [1.807, 2.05) is 4.90 Å². The summed E-state index contributed by atoms with van der Waals surface area (Å²) in [6.45, 7) is 2.79. The number of para-hydroxylation sites is 1. The zero-order valence-electron chi connectivity index (χ0n) is 17.9. The highest BCUT2D eigenvalue weighted by Gasteiger charge is 2.27. The van der Waals surface area contributed by atoms with Gasteiger partial charge in [-0.1, -0.05) is 12.1 Å². The third-order valence-corrected chi connectivity index (χ3v) is 5.42. The van der Waals surface area contributed by atoms with Gasteiger partial charge in [-0.25, -0.2) is 0 Å². The fourth-order valence-electron chi connectivity index (χ4n) is 3.80. The van der Waals surface area contributed by atoms with Crippen molar-refractivity contribution in [2.75, 3.05) is 33.2 Å². The van der Waals surface area contributed by atoms with Gasteiger partial charge in [0.15, 0.2) is 11.5 Å². The van der Waals surface area contributed by atoms with Crippen LogP contribution in [0.25, 0.3) is 0 Å². The molecule has 7 heteroatoms. The van der Waals surface area contributed by atoms with Gasteiger partial charge in [-0.05, 0) is 50.5 Å². The summed E-state index contributed by atoms with van der Waals surface area (Å²) in [5, 5.41) is 2.86. The summed E-state index contributed by atoms with van der Waals surface area (Å²) in [5.41, 5.74) is 1.21. The Bertz CT molecular complexity index is 928. The number of rotatable bonds is 6. The first-order valence-corrected chi connectivity index (χ1v) is 10.0. The smallest absolute Gasteiger partial charge is 0.259 e. The summed E-state index contributed by atoms with van der Waals surface area (Å²) >= 11 is 0. The second kappa shape index (κ2) is 9.52. The van der Waals surface area contributed by atoms with E-state index in [1.54, 1.807) is 36.4 Å². The van der Waals surface area contributed by atoms with Gasteiger partial charge >= 0.3 is 0 Å². The van der Waals surface area contributed by atoms with E-state index < -0.39 is 5.91 Å².